The Balaban J connectivity index is 1.83. The summed E-state index contributed by atoms with van der Waals surface area (Å²) in [5.74, 6) is 0.836. The number of aryl methyl sites for hydroxylation is 1. The van der Waals surface area contributed by atoms with Gasteiger partial charge in [-0.1, -0.05) is 30.3 Å². The van der Waals surface area contributed by atoms with Crippen molar-refractivity contribution in [3.8, 4) is 5.75 Å². The second kappa shape index (κ2) is 7.10. The van der Waals surface area contributed by atoms with Crippen LogP contribution in [0, 0.1) is 5.41 Å². The van der Waals surface area contributed by atoms with Gasteiger partial charge in [0.2, 0.25) is 0 Å². The third-order valence-electron chi connectivity index (χ3n) is 2.95. The molecule has 2 aromatic carbocycles. The number of benzene rings is 2. The van der Waals surface area contributed by atoms with Gasteiger partial charge in [-0.25, -0.2) is 0 Å². The monoisotopic (exact) mass is 332 g/mol. The number of nitrogens with one attached hydrogen (secondary N) is 1. The minimum Gasteiger partial charge on any atom is -0.494 e. The maximum Gasteiger partial charge on any atom is 0.123 e. The average molecular weight is 333 g/mol. The third-order valence-corrected chi connectivity index (χ3v) is 3.61. The van der Waals surface area contributed by atoms with Crippen molar-refractivity contribution in [1.29, 1.82) is 5.41 Å². The smallest absolute Gasteiger partial charge is 0.123 e. The molecule has 0 atom stereocenters. The highest BCUT2D eigenvalue weighted by molar-refractivity contribution is 9.10. The molecule has 0 fully saturated rings. The van der Waals surface area contributed by atoms with Crippen LogP contribution in [-0.2, 0) is 6.42 Å². The van der Waals surface area contributed by atoms with Crippen LogP contribution in [0.4, 0.5) is 0 Å². The van der Waals surface area contributed by atoms with Crippen molar-refractivity contribution in [1.82, 2.24) is 0 Å². The van der Waals surface area contributed by atoms with Gasteiger partial charge in [-0.15, -0.1) is 0 Å². The molecule has 0 unspecified atom stereocenters. The summed E-state index contributed by atoms with van der Waals surface area (Å²) >= 11 is 3.39. The molecule has 0 aliphatic carbocycles. The molecule has 0 bridgehead atoms. The topological polar surface area (TPSA) is 59.1 Å². The maximum absolute atomic E-state index is 7.42. The van der Waals surface area contributed by atoms with E-state index in [0.717, 1.165) is 23.1 Å². The Hall–Kier alpha value is -1.81. The van der Waals surface area contributed by atoms with Gasteiger partial charge in [0.15, 0.2) is 0 Å². The molecular formula is C16H17BrN2O. The number of rotatable bonds is 6. The minimum absolute atomic E-state index is 0.0486. The number of nitrogens with two attached hydrogens (primary N) is 1. The van der Waals surface area contributed by atoms with E-state index in [-0.39, 0.29) is 5.84 Å². The molecule has 0 saturated heterocycles. The molecule has 3 N–H and O–H groups in total. The van der Waals surface area contributed by atoms with E-state index < -0.39 is 0 Å². The Morgan fingerprint density at radius 1 is 1.15 bits per heavy atom. The van der Waals surface area contributed by atoms with Crippen molar-refractivity contribution in [2.75, 3.05) is 6.61 Å². The van der Waals surface area contributed by atoms with Crippen molar-refractivity contribution in [3.05, 3.63) is 64.1 Å². The lowest BCUT2D eigenvalue weighted by Crippen LogP contribution is -2.11. The molecule has 4 heteroatoms. The number of hydrogen-bond acceptors (Lipinski definition) is 2. The van der Waals surface area contributed by atoms with E-state index >= 15 is 0 Å². The predicted molar refractivity (Wildman–Crippen MR) is 85.4 cm³/mol. The number of amidine groups is 1. The molecule has 104 valence electrons. The van der Waals surface area contributed by atoms with Crippen LogP contribution in [0.25, 0.3) is 0 Å². The van der Waals surface area contributed by atoms with Crippen molar-refractivity contribution < 1.29 is 4.74 Å². The van der Waals surface area contributed by atoms with Gasteiger partial charge in [0.25, 0.3) is 0 Å². The Morgan fingerprint density at radius 3 is 2.55 bits per heavy atom. The first-order valence-electron chi connectivity index (χ1n) is 6.47. The van der Waals surface area contributed by atoms with E-state index in [4.69, 9.17) is 15.9 Å². The number of nitrogen functional groups attached to an aromatic ring is 1. The zero-order valence-electron chi connectivity index (χ0n) is 11.1. The molecule has 0 aromatic heterocycles. The Kier molecular flexibility index (Phi) is 5.18. The zero-order valence-corrected chi connectivity index (χ0v) is 12.7. The highest BCUT2D eigenvalue weighted by atomic mass is 79.9. The second-order valence-electron chi connectivity index (χ2n) is 4.49. The number of hydrogen-bond donors (Lipinski definition) is 2. The van der Waals surface area contributed by atoms with E-state index in [1.807, 2.05) is 30.3 Å². The first-order valence-corrected chi connectivity index (χ1v) is 7.27. The zero-order chi connectivity index (χ0) is 14.4. The van der Waals surface area contributed by atoms with Crippen molar-refractivity contribution >= 4 is 21.8 Å². The van der Waals surface area contributed by atoms with Crippen LogP contribution in [0.2, 0.25) is 0 Å². The fourth-order valence-electron chi connectivity index (χ4n) is 1.92. The third kappa shape index (κ3) is 4.10. The lowest BCUT2D eigenvalue weighted by atomic mass is 10.1. The van der Waals surface area contributed by atoms with Crippen LogP contribution in [0.3, 0.4) is 0 Å². The average Bonchev–Trinajstić information content (AvgIpc) is 2.44. The molecular weight excluding hydrogens is 316 g/mol. The van der Waals surface area contributed by atoms with Crippen LogP contribution in [0.15, 0.2) is 53.0 Å². The highest BCUT2D eigenvalue weighted by Crippen LogP contribution is 2.23. The molecule has 0 heterocycles. The van der Waals surface area contributed by atoms with Gasteiger partial charge in [-0.2, -0.15) is 0 Å². The van der Waals surface area contributed by atoms with Crippen LogP contribution >= 0.6 is 15.9 Å². The Bertz CT molecular complexity index is 584. The minimum atomic E-state index is 0.0486. The quantitative estimate of drug-likeness (QED) is 0.481. The molecule has 0 saturated carbocycles. The lowest BCUT2D eigenvalue weighted by Gasteiger charge is -2.08. The fourth-order valence-corrected chi connectivity index (χ4v) is 2.49. The summed E-state index contributed by atoms with van der Waals surface area (Å²) in [7, 11) is 0. The molecule has 2 aromatic rings. The first kappa shape index (κ1) is 14.6. The molecule has 0 spiro atoms. The predicted octanol–water partition coefficient (Wildman–Crippen LogP) is 3.74. The molecule has 0 radical (unpaired) electrons. The van der Waals surface area contributed by atoms with Gasteiger partial charge in [-0.05, 0) is 52.5 Å². The largest absolute Gasteiger partial charge is 0.494 e. The van der Waals surface area contributed by atoms with Gasteiger partial charge in [0, 0.05) is 10.0 Å². The van der Waals surface area contributed by atoms with Gasteiger partial charge in [0.1, 0.15) is 11.6 Å². The van der Waals surface area contributed by atoms with Crippen LogP contribution < -0.4 is 10.5 Å². The SMILES string of the molecule is N=C(N)c1ccc(OCCCc2ccccc2)cc1Br. The fraction of sp³-hybridized carbons (Fsp3) is 0.188. The molecule has 0 amide bonds. The highest BCUT2D eigenvalue weighted by Gasteiger charge is 2.04. The standard InChI is InChI=1S/C16H17BrN2O/c17-15-11-13(8-9-14(15)16(18)19)20-10-4-7-12-5-2-1-3-6-12/h1-3,5-6,8-9,11H,4,7,10H2,(H3,18,19). The van der Waals surface area contributed by atoms with Crippen LogP contribution in [0.1, 0.15) is 17.5 Å². The van der Waals surface area contributed by atoms with Gasteiger partial charge in [0.05, 0.1) is 6.61 Å². The van der Waals surface area contributed by atoms with Crippen molar-refractivity contribution in [2.24, 2.45) is 5.73 Å². The van der Waals surface area contributed by atoms with E-state index in [1.165, 1.54) is 5.56 Å². The molecule has 0 aliphatic rings. The van der Waals surface area contributed by atoms with E-state index in [9.17, 15) is 0 Å². The molecule has 2 rings (SSSR count). The van der Waals surface area contributed by atoms with Crippen LogP contribution in [0.5, 0.6) is 5.75 Å². The normalized spacial score (nSPS) is 10.2. The van der Waals surface area contributed by atoms with E-state index in [0.29, 0.717) is 12.2 Å². The molecule has 20 heavy (non-hydrogen) atoms. The summed E-state index contributed by atoms with van der Waals surface area (Å²) in [5.41, 5.74) is 7.47. The summed E-state index contributed by atoms with van der Waals surface area (Å²) in [4.78, 5) is 0. The Morgan fingerprint density at radius 2 is 1.90 bits per heavy atom. The Labute approximate surface area is 127 Å². The second-order valence-corrected chi connectivity index (χ2v) is 5.35. The van der Waals surface area contributed by atoms with Gasteiger partial charge < -0.3 is 10.5 Å². The summed E-state index contributed by atoms with van der Waals surface area (Å²) in [5, 5.41) is 7.42. The summed E-state index contributed by atoms with van der Waals surface area (Å²) in [6, 6.07) is 15.8. The number of ether oxygens (including phenoxy) is 1. The maximum atomic E-state index is 7.42. The van der Waals surface area contributed by atoms with E-state index in [2.05, 4.69) is 28.1 Å². The number of halogens is 1. The molecule has 0 aliphatic heterocycles. The van der Waals surface area contributed by atoms with Crippen molar-refractivity contribution in [2.45, 2.75) is 12.8 Å². The summed E-state index contributed by atoms with van der Waals surface area (Å²) in [6.07, 6.45) is 1.98. The lowest BCUT2D eigenvalue weighted by molar-refractivity contribution is 0.311. The van der Waals surface area contributed by atoms with E-state index in [1.54, 1.807) is 6.07 Å². The summed E-state index contributed by atoms with van der Waals surface area (Å²) in [6.45, 7) is 0.667. The van der Waals surface area contributed by atoms with Crippen LogP contribution in [-0.4, -0.2) is 12.4 Å². The molecule has 3 nitrogen and oxygen atoms in total. The van der Waals surface area contributed by atoms with Gasteiger partial charge >= 0.3 is 0 Å². The van der Waals surface area contributed by atoms with Crippen molar-refractivity contribution in [3.63, 3.8) is 0 Å². The summed E-state index contributed by atoms with van der Waals surface area (Å²) < 4.78 is 6.48. The van der Waals surface area contributed by atoms with Gasteiger partial charge in [-0.3, -0.25) is 5.41 Å². The first-order chi connectivity index (χ1) is 9.66.